The number of hydrogen-bond donors (Lipinski definition) is 2. The predicted octanol–water partition coefficient (Wildman–Crippen LogP) is 3.27. The lowest BCUT2D eigenvalue weighted by atomic mass is 10.2. The number of carbonyl (C=O) groups is 1. The van der Waals surface area contributed by atoms with Gasteiger partial charge in [0.15, 0.2) is 5.16 Å². The molecule has 1 aromatic carbocycles. The van der Waals surface area contributed by atoms with E-state index >= 15 is 0 Å². The minimum Gasteiger partial charge on any atom is -0.449 e. The van der Waals surface area contributed by atoms with E-state index < -0.39 is 6.09 Å². The van der Waals surface area contributed by atoms with Crippen molar-refractivity contribution in [2.75, 3.05) is 17.7 Å². The van der Waals surface area contributed by atoms with Gasteiger partial charge in [0.25, 0.3) is 0 Å². The molecule has 0 saturated heterocycles. The molecule has 0 radical (unpaired) electrons. The van der Waals surface area contributed by atoms with Crippen LogP contribution in [0.1, 0.15) is 31.1 Å². The molecule has 1 amide bonds. The minimum absolute atomic E-state index is 0.0496. The largest absolute Gasteiger partial charge is 0.449 e. The molecule has 0 saturated carbocycles. The fourth-order valence-corrected chi connectivity index (χ4v) is 2.65. The molecule has 0 spiro atoms. The molecule has 0 aliphatic heterocycles. The van der Waals surface area contributed by atoms with Crippen molar-refractivity contribution in [3.8, 4) is 0 Å². The lowest BCUT2D eigenvalue weighted by molar-refractivity contribution is 0.161. The molecule has 2 rings (SSSR count). The zero-order valence-corrected chi connectivity index (χ0v) is 13.8. The predicted molar refractivity (Wildman–Crippen MR) is 90.2 cm³/mol. The van der Waals surface area contributed by atoms with Crippen molar-refractivity contribution in [3.63, 3.8) is 0 Å². The summed E-state index contributed by atoms with van der Waals surface area (Å²) in [6.07, 6.45) is 0.132. The second kappa shape index (κ2) is 8.33. The third-order valence-corrected chi connectivity index (χ3v) is 3.85. The third-order valence-electron chi connectivity index (χ3n) is 2.83. The molecule has 1 aromatic heterocycles. The van der Waals surface area contributed by atoms with Gasteiger partial charge in [-0.05, 0) is 18.9 Å². The van der Waals surface area contributed by atoms with Gasteiger partial charge in [-0.2, -0.15) is 15.0 Å². The highest BCUT2D eigenvalue weighted by molar-refractivity contribution is 7.99. The number of nitrogens with zero attached hydrogens (tertiary/aromatic N) is 3. The topological polar surface area (TPSA) is 103 Å². The Morgan fingerprint density at radius 3 is 2.74 bits per heavy atom. The summed E-state index contributed by atoms with van der Waals surface area (Å²) in [5, 5.41) is 3.04. The van der Waals surface area contributed by atoms with E-state index in [-0.39, 0.29) is 17.1 Å². The smallest absolute Gasteiger partial charge is 0.414 e. The van der Waals surface area contributed by atoms with Crippen molar-refractivity contribution in [3.05, 3.63) is 35.9 Å². The first-order valence-corrected chi connectivity index (χ1v) is 8.13. The van der Waals surface area contributed by atoms with E-state index in [1.165, 1.54) is 11.8 Å². The van der Waals surface area contributed by atoms with E-state index in [2.05, 4.69) is 20.3 Å². The van der Waals surface area contributed by atoms with Crippen molar-refractivity contribution in [2.24, 2.45) is 0 Å². The summed E-state index contributed by atoms with van der Waals surface area (Å²) in [6, 6.07) is 9.98. The van der Waals surface area contributed by atoms with Gasteiger partial charge in [0.1, 0.15) is 0 Å². The first-order chi connectivity index (χ1) is 11.1. The molecule has 1 heterocycles. The van der Waals surface area contributed by atoms with Gasteiger partial charge in [-0.3, -0.25) is 5.32 Å². The Labute approximate surface area is 139 Å². The zero-order chi connectivity index (χ0) is 16.7. The van der Waals surface area contributed by atoms with E-state index in [9.17, 15) is 4.79 Å². The van der Waals surface area contributed by atoms with Crippen LogP contribution in [0.2, 0.25) is 0 Å². The molecule has 2 aromatic rings. The maximum absolute atomic E-state index is 11.6. The van der Waals surface area contributed by atoms with Crippen molar-refractivity contribution in [2.45, 2.75) is 30.7 Å². The molecule has 1 atom stereocenters. The summed E-state index contributed by atoms with van der Waals surface area (Å²) in [5.74, 6) is 0.134. The molecule has 1 unspecified atom stereocenters. The molecule has 0 aliphatic carbocycles. The van der Waals surface area contributed by atoms with Gasteiger partial charge in [0.05, 0.1) is 6.61 Å². The number of aromatic nitrogens is 3. The normalized spacial score (nSPS) is 11.7. The van der Waals surface area contributed by atoms with Gasteiger partial charge in [-0.1, -0.05) is 49.0 Å². The summed E-state index contributed by atoms with van der Waals surface area (Å²) in [5.41, 5.74) is 6.83. The Bertz CT molecular complexity index is 654. The van der Waals surface area contributed by atoms with E-state index in [0.717, 1.165) is 12.0 Å². The Morgan fingerprint density at radius 2 is 2.04 bits per heavy atom. The van der Waals surface area contributed by atoms with Crippen molar-refractivity contribution in [1.82, 2.24) is 15.0 Å². The Hall–Kier alpha value is -2.35. The average molecular weight is 333 g/mol. The van der Waals surface area contributed by atoms with Gasteiger partial charge in [-0.15, -0.1) is 0 Å². The van der Waals surface area contributed by atoms with Crippen molar-refractivity contribution < 1.29 is 9.53 Å². The molecule has 122 valence electrons. The number of nitrogens with one attached hydrogen (secondary N) is 1. The highest BCUT2D eigenvalue weighted by atomic mass is 32.2. The third kappa shape index (κ3) is 5.41. The molecule has 3 N–H and O–H groups in total. The van der Waals surface area contributed by atoms with Crippen LogP contribution in [0.3, 0.4) is 0 Å². The van der Waals surface area contributed by atoms with Gasteiger partial charge in [0.2, 0.25) is 11.9 Å². The van der Waals surface area contributed by atoms with E-state index in [0.29, 0.717) is 11.8 Å². The number of amides is 1. The SMILES string of the molecule is CCCOC(=O)Nc1nc(N)nc(SC(C)c2ccccc2)n1. The van der Waals surface area contributed by atoms with E-state index in [1.54, 1.807) is 0 Å². The summed E-state index contributed by atoms with van der Waals surface area (Å²) in [4.78, 5) is 23.7. The molecule has 0 bridgehead atoms. The molecular formula is C15H19N5O2S. The second-order valence-electron chi connectivity index (χ2n) is 4.73. The molecule has 8 heteroatoms. The van der Waals surface area contributed by atoms with Crippen LogP contribution in [0.15, 0.2) is 35.5 Å². The number of benzene rings is 1. The summed E-state index contributed by atoms with van der Waals surface area (Å²) < 4.78 is 4.93. The summed E-state index contributed by atoms with van der Waals surface area (Å²) in [7, 11) is 0. The molecule has 7 nitrogen and oxygen atoms in total. The second-order valence-corrected chi connectivity index (χ2v) is 6.04. The average Bonchev–Trinajstić information content (AvgIpc) is 2.53. The standard InChI is InChI=1S/C15H19N5O2S/c1-3-9-22-15(21)20-13-17-12(16)18-14(19-13)23-10(2)11-7-5-4-6-8-11/h4-8,10H,3,9H2,1-2H3,(H3,16,17,18,19,20,21). The van der Waals surface area contributed by atoms with Crippen LogP contribution in [-0.4, -0.2) is 27.7 Å². The quantitative estimate of drug-likeness (QED) is 0.782. The number of nitrogen functional groups attached to an aromatic ring is 1. The first-order valence-electron chi connectivity index (χ1n) is 7.25. The van der Waals surface area contributed by atoms with Crippen LogP contribution in [0, 0.1) is 0 Å². The summed E-state index contributed by atoms with van der Waals surface area (Å²) in [6.45, 7) is 4.29. The Morgan fingerprint density at radius 1 is 1.30 bits per heavy atom. The molecular weight excluding hydrogens is 314 g/mol. The Balaban J connectivity index is 2.06. The van der Waals surface area contributed by atoms with Crippen LogP contribution in [0.5, 0.6) is 0 Å². The van der Waals surface area contributed by atoms with Crippen LogP contribution >= 0.6 is 11.8 Å². The molecule has 0 aliphatic rings. The van der Waals surface area contributed by atoms with Gasteiger partial charge in [0, 0.05) is 5.25 Å². The summed E-state index contributed by atoms with van der Waals surface area (Å²) >= 11 is 1.44. The lowest BCUT2D eigenvalue weighted by Gasteiger charge is -2.11. The van der Waals surface area contributed by atoms with E-state index in [1.807, 2.05) is 44.2 Å². The van der Waals surface area contributed by atoms with Crippen molar-refractivity contribution >= 4 is 29.8 Å². The number of ether oxygens (including phenoxy) is 1. The minimum atomic E-state index is -0.607. The van der Waals surface area contributed by atoms with E-state index in [4.69, 9.17) is 10.5 Å². The lowest BCUT2D eigenvalue weighted by Crippen LogP contribution is -2.17. The zero-order valence-electron chi connectivity index (χ0n) is 13.0. The van der Waals surface area contributed by atoms with Gasteiger partial charge >= 0.3 is 6.09 Å². The number of hydrogen-bond acceptors (Lipinski definition) is 7. The molecule has 23 heavy (non-hydrogen) atoms. The fraction of sp³-hybridized carbons (Fsp3) is 0.333. The molecule has 0 fully saturated rings. The maximum Gasteiger partial charge on any atom is 0.414 e. The number of thioether (sulfide) groups is 1. The van der Waals surface area contributed by atoms with Gasteiger partial charge in [-0.25, -0.2) is 4.79 Å². The number of nitrogens with two attached hydrogens (primary N) is 1. The highest BCUT2D eigenvalue weighted by Gasteiger charge is 2.13. The number of anilines is 2. The number of carbonyl (C=O) groups excluding carboxylic acids is 1. The highest BCUT2D eigenvalue weighted by Crippen LogP contribution is 2.32. The fourth-order valence-electron chi connectivity index (χ4n) is 1.75. The van der Waals surface area contributed by atoms with Crippen LogP contribution < -0.4 is 11.1 Å². The van der Waals surface area contributed by atoms with Crippen molar-refractivity contribution in [1.29, 1.82) is 0 Å². The van der Waals surface area contributed by atoms with Crippen LogP contribution in [0.4, 0.5) is 16.7 Å². The number of rotatable bonds is 6. The first kappa shape index (κ1) is 17.0. The monoisotopic (exact) mass is 333 g/mol. The Kier molecular flexibility index (Phi) is 6.16. The van der Waals surface area contributed by atoms with Gasteiger partial charge < -0.3 is 10.5 Å². The maximum atomic E-state index is 11.6. The van der Waals surface area contributed by atoms with Crippen LogP contribution in [0.25, 0.3) is 0 Å². The van der Waals surface area contributed by atoms with Crippen LogP contribution in [-0.2, 0) is 4.74 Å².